The van der Waals surface area contributed by atoms with Gasteiger partial charge >= 0.3 is 7.68 Å². The van der Waals surface area contributed by atoms with Crippen molar-refractivity contribution >= 4 is 7.68 Å². The average molecular weight is 151 g/mol. The smallest absolute Gasteiger partial charge is 0.349 e. The van der Waals surface area contributed by atoms with Crippen LogP contribution in [0.5, 0.6) is 0 Å². The maximum absolute atomic E-state index is 10.2. The number of nitrogens with two attached hydrogens (primary N) is 1. The molecule has 0 radical (unpaired) electrons. The van der Waals surface area contributed by atoms with E-state index in [0.717, 1.165) is 0 Å². The van der Waals surface area contributed by atoms with Crippen molar-refractivity contribution in [2.45, 2.75) is 18.7 Å². The molecule has 0 aliphatic heterocycles. The van der Waals surface area contributed by atoms with Crippen LogP contribution in [-0.2, 0) is 9.13 Å². The molecule has 0 saturated carbocycles. The number of hydrogen-bond acceptors (Lipinski definition) is 4. The maximum Gasteiger partial charge on any atom is 0.349 e. The van der Waals surface area contributed by atoms with Crippen LogP contribution in [-0.4, -0.2) is 17.0 Å². The molecular weight excluding hydrogens is 141 g/mol. The summed E-state index contributed by atoms with van der Waals surface area (Å²) in [6.45, 7) is 1.33. The Kier molecular flexibility index (Phi) is 3.04. The lowest BCUT2D eigenvalue weighted by Gasteiger charge is -2.13. The second kappa shape index (κ2) is 3.11. The highest BCUT2D eigenvalue weighted by Gasteiger charge is 2.29. The van der Waals surface area contributed by atoms with Gasteiger partial charge in [-0.15, -0.1) is 0 Å². The zero-order valence-corrected chi connectivity index (χ0v) is 6.10. The molecule has 0 spiro atoms. The van der Waals surface area contributed by atoms with Crippen LogP contribution in [0.4, 0.5) is 0 Å². The molecule has 9 heavy (non-hydrogen) atoms. The molecule has 0 bridgehead atoms. The predicted octanol–water partition coefficient (Wildman–Crippen LogP) is 0.217. The lowest BCUT2D eigenvalue weighted by molar-refractivity contribution is 0.126. The van der Waals surface area contributed by atoms with E-state index in [2.05, 4.69) is 0 Å². The topological polar surface area (TPSA) is 80.4 Å². The Morgan fingerprint density at radius 1 is 1.67 bits per heavy atom. The number of aliphatic hydroxyl groups is 1. The van der Waals surface area contributed by atoms with Gasteiger partial charge in [0.15, 0.2) is 5.34 Å². The van der Waals surface area contributed by atoms with Crippen molar-refractivity contribution < 1.29 is 14.2 Å². The van der Waals surface area contributed by atoms with Crippen molar-refractivity contribution in [2.75, 3.05) is 6.54 Å². The first-order valence-electron chi connectivity index (χ1n) is 2.63. The summed E-state index contributed by atoms with van der Waals surface area (Å²) in [6.07, 6.45) is 0.141. The van der Waals surface area contributed by atoms with Gasteiger partial charge in [-0.25, -0.2) is 9.13 Å². The van der Waals surface area contributed by atoms with Gasteiger partial charge in [0.1, 0.15) is 0 Å². The van der Waals surface area contributed by atoms with Gasteiger partial charge in [0.25, 0.3) is 0 Å². The van der Waals surface area contributed by atoms with Crippen LogP contribution in [0.15, 0.2) is 0 Å². The van der Waals surface area contributed by atoms with E-state index in [1.54, 1.807) is 6.92 Å². The third-order valence-electron chi connectivity index (χ3n) is 1.23. The van der Waals surface area contributed by atoms with E-state index in [-0.39, 0.29) is 13.0 Å². The van der Waals surface area contributed by atoms with E-state index in [4.69, 9.17) is 10.8 Å². The van der Waals surface area contributed by atoms with Crippen molar-refractivity contribution in [2.24, 2.45) is 5.73 Å². The van der Waals surface area contributed by atoms with Crippen molar-refractivity contribution in [1.29, 1.82) is 0 Å². The fourth-order valence-electron chi connectivity index (χ4n) is 0.348. The highest BCUT2D eigenvalue weighted by molar-refractivity contribution is 7.32. The first-order chi connectivity index (χ1) is 4.06. The van der Waals surface area contributed by atoms with E-state index < -0.39 is 13.0 Å². The third-order valence-corrected chi connectivity index (χ3v) is 2.41. The number of hydrogen-bond donors (Lipinski definition) is 2. The van der Waals surface area contributed by atoms with E-state index in [1.165, 1.54) is 0 Å². The average Bonchev–Trinajstić information content (AvgIpc) is 1.86. The van der Waals surface area contributed by atoms with Crippen molar-refractivity contribution in [3.63, 3.8) is 0 Å². The van der Waals surface area contributed by atoms with Gasteiger partial charge in [-0.1, -0.05) is 6.92 Å². The minimum absolute atomic E-state index is 0.141. The molecule has 0 heterocycles. The fourth-order valence-corrected chi connectivity index (χ4v) is 0.755. The molecule has 0 aromatic heterocycles. The highest BCUT2D eigenvalue weighted by Crippen LogP contribution is 2.27. The van der Waals surface area contributed by atoms with Crippen LogP contribution < -0.4 is 5.73 Å². The van der Waals surface area contributed by atoms with Gasteiger partial charge in [0.2, 0.25) is 0 Å². The van der Waals surface area contributed by atoms with Gasteiger partial charge < -0.3 is 10.8 Å². The Balaban J connectivity index is 4.28. The van der Waals surface area contributed by atoms with E-state index in [9.17, 15) is 9.13 Å². The normalized spacial score (nSPS) is 16.8. The Hall–Kier alpha value is -0.180. The first-order valence-corrected chi connectivity index (χ1v) is 3.81. The molecule has 4 nitrogen and oxygen atoms in total. The molecule has 0 rings (SSSR count). The summed E-state index contributed by atoms with van der Waals surface area (Å²) in [6, 6.07) is 0. The summed E-state index contributed by atoms with van der Waals surface area (Å²) in [7, 11) is -2.82. The monoisotopic (exact) mass is 151 g/mol. The van der Waals surface area contributed by atoms with E-state index in [0.29, 0.717) is 0 Å². The van der Waals surface area contributed by atoms with Crippen LogP contribution in [0.3, 0.4) is 0 Å². The quantitative estimate of drug-likeness (QED) is 0.565. The second-order valence-corrected chi connectivity index (χ2v) is 3.14. The SMILES string of the molecule is CCC(O)(CN)P(=O)=O. The number of rotatable bonds is 3. The van der Waals surface area contributed by atoms with E-state index in [1.807, 2.05) is 0 Å². The van der Waals surface area contributed by atoms with Gasteiger partial charge in [0.05, 0.1) is 0 Å². The second-order valence-electron chi connectivity index (χ2n) is 1.80. The minimum Gasteiger partial charge on any atom is -0.374 e. The fraction of sp³-hybridized carbons (Fsp3) is 1.00. The van der Waals surface area contributed by atoms with Crippen molar-refractivity contribution in [1.82, 2.24) is 0 Å². The third kappa shape index (κ3) is 1.90. The molecule has 0 fully saturated rings. The lowest BCUT2D eigenvalue weighted by atomic mass is 10.3. The van der Waals surface area contributed by atoms with Gasteiger partial charge in [-0.3, -0.25) is 0 Å². The standard InChI is InChI=1S/C4H10NO3P/c1-2-4(6,3-5)9(7)8/h6H,2-3,5H2,1H3. The van der Waals surface area contributed by atoms with Gasteiger partial charge in [-0.05, 0) is 6.42 Å². The van der Waals surface area contributed by atoms with Crippen molar-refractivity contribution in [3.05, 3.63) is 0 Å². The van der Waals surface area contributed by atoms with Crippen LogP contribution >= 0.6 is 7.68 Å². The molecule has 1 unspecified atom stereocenters. The van der Waals surface area contributed by atoms with Crippen LogP contribution in [0.25, 0.3) is 0 Å². The zero-order chi connectivity index (χ0) is 7.49. The highest BCUT2D eigenvalue weighted by atomic mass is 31.1. The largest absolute Gasteiger partial charge is 0.374 e. The molecule has 0 aromatic carbocycles. The molecular formula is C4H10NO3P. The lowest BCUT2D eigenvalue weighted by Crippen LogP contribution is -2.31. The Labute approximate surface area is 53.9 Å². The van der Waals surface area contributed by atoms with Crippen molar-refractivity contribution in [3.8, 4) is 0 Å². The molecule has 54 valence electrons. The van der Waals surface area contributed by atoms with Gasteiger partial charge in [-0.2, -0.15) is 0 Å². The summed E-state index contributed by atoms with van der Waals surface area (Å²) in [5.74, 6) is 0. The summed E-state index contributed by atoms with van der Waals surface area (Å²) < 4.78 is 20.4. The van der Waals surface area contributed by atoms with Crippen LogP contribution in [0.1, 0.15) is 13.3 Å². The molecule has 0 amide bonds. The van der Waals surface area contributed by atoms with Crippen LogP contribution in [0, 0.1) is 0 Å². The van der Waals surface area contributed by atoms with Gasteiger partial charge in [0, 0.05) is 6.54 Å². The van der Waals surface area contributed by atoms with Crippen LogP contribution in [0.2, 0.25) is 0 Å². The zero-order valence-electron chi connectivity index (χ0n) is 5.20. The Morgan fingerprint density at radius 3 is 2.11 bits per heavy atom. The predicted molar refractivity (Wildman–Crippen MR) is 32.6 cm³/mol. The Morgan fingerprint density at radius 2 is 2.11 bits per heavy atom. The molecule has 0 aliphatic rings. The minimum atomic E-state index is -2.82. The summed E-state index contributed by atoms with van der Waals surface area (Å²) in [5.41, 5.74) is 4.98. The Bertz CT molecular complexity index is 142. The summed E-state index contributed by atoms with van der Waals surface area (Å²) in [5, 5.41) is 7.30. The molecule has 3 N–H and O–H groups in total. The van der Waals surface area contributed by atoms with E-state index >= 15 is 0 Å². The molecule has 1 atom stereocenters. The molecule has 0 saturated heterocycles. The maximum atomic E-state index is 10.2. The molecule has 0 aromatic rings. The summed E-state index contributed by atoms with van der Waals surface area (Å²) >= 11 is 0. The first kappa shape index (κ1) is 8.82. The summed E-state index contributed by atoms with van der Waals surface area (Å²) in [4.78, 5) is 0. The molecule has 5 heteroatoms. The molecule has 0 aliphatic carbocycles.